The monoisotopic (exact) mass is 317 g/mol. The SMILES string of the molecule is Cc1csc(=O)n1CCC(=O)NCc1ccc2c(c1)CNC2. The molecule has 1 amide bonds. The fourth-order valence-corrected chi connectivity index (χ4v) is 3.40. The first-order chi connectivity index (χ1) is 10.6. The number of hydrogen-bond donors (Lipinski definition) is 2. The molecule has 116 valence electrons. The third-order valence-electron chi connectivity index (χ3n) is 3.93. The van der Waals surface area contributed by atoms with Gasteiger partial charge in [0.2, 0.25) is 5.91 Å². The van der Waals surface area contributed by atoms with Crippen molar-refractivity contribution in [3.8, 4) is 0 Å². The van der Waals surface area contributed by atoms with Crippen LogP contribution in [0.4, 0.5) is 0 Å². The van der Waals surface area contributed by atoms with E-state index in [1.54, 1.807) is 4.57 Å². The van der Waals surface area contributed by atoms with Gasteiger partial charge in [0.05, 0.1) is 0 Å². The molecule has 0 unspecified atom stereocenters. The van der Waals surface area contributed by atoms with Crippen molar-refractivity contribution >= 4 is 17.2 Å². The summed E-state index contributed by atoms with van der Waals surface area (Å²) >= 11 is 1.17. The summed E-state index contributed by atoms with van der Waals surface area (Å²) in [5, 5.41) is 8.05. The number of fused-ring (bicyclic) bond motifs is 1. The molecular formula is C16H19N3O2S. The Balaban J connectivity index is 1.51. The highest BCUT2D eigenvalue weighted by atomic mass is 32.1. The second-order valence-corrected chi connectivity index (χ2v) is 6.35. The number of carbonyl (C=O) groups excluding carboxylic acids is 1. The standard InChI is InChI=1S/C16H19N3O2S/c1-11-10-22-16(21)19(11)5-4-15(20)18-7-12-2-3-13-8-17-9-14(13)6-12/h2-3,6,10,17H,4-5,7-9H2,1H3,(H,18,20). The number of rotatable bonds is 5. The summed E-state index contributed by atoms with van der Waals surface area (Å²) in [4.78, 5) is 23.5. The van der Waals surface area contributed by atoms with Crippen LogP contribution in [0, 0.1) is 6.92 Å². The molecular weight excluding hydrogens is 298 g/mol. The van der Waals surface area contributed by atoms with Gasteiger partial charge in [-0.3, -0.25) is 9.59 Å². The van der Waals surface area contributed by atoms with Gasteiger partial charge in [-0.25, -0.2) is 0 Å². The van der Waals surface area contributed by atoms with Crippen LogP contribution in [0.15, 0.2) is 28.4 Å². The smallest absolute Gasteiger partial charge is 0.307 e. The minimum Gasteiger partial charge on any atom is -0.352 e. The van der Waals surface area contributed by atoms with Crippen molar-refractivity contribution in [2.75, 3.05) is 0 Å². The lowest BCUT2D eigenvalue weighted by Gasteiger charge is -2.08. The number of nitrogens with zero attached hydrogens (tertiary/aromatic N) is 1. The van der Waals surface area contributed by atoms with E-state index in [1.165, 1.54) is 22.5 Å². The quantitative estimate of drug-likeness (QED) is 0.879. The molecule has 6 heteroatoms. The zero-order valence-corrected chi connectivity index (χ0v) is 13.3. The summed E-state index contributed by atoms with van der Waals surface area (Å²) in [5.74, 6) is -0.0314. The van der Waals surface area contributed by atoms with E-state index in [4.69, 9.17) is 0 Å². The summed E-state index contributed by atoms with van der Waals surface area (Å²) in [7, 11) is 0. The van der Waals surface area contributed by atoms with E-state index in [0.717, 1.165) is 24.3 Å². The van der Waals surface area contributed by atoms with Crippen LogP contribution in [-0.4, -0.2) is 10.5 Å². The van der Waals surface area contributed by atoms with Gasteiger partial charge >= 0.3 is 4.87 Å². The van der Waals surface area contributed by atoms with Gasteiger partial charge in [-0.2, -0.15) is 0 Å². The fourth-order valence-electron chi connectivity index (χ4n) is 2.64. The van der Waals surface area contributed by atoms with E-state index < -0.39 is 0 Å². The van der Waals surface area contributed by atoms with E-state index in [-0.39, 0.29) is 10.8 Å². The van der Waals surface area contributed by atoms with Gasteiger partial charge in [-0.15, -0.1) is 0 Å². The highest BCUT2D eigenvalue weighted by Gasteiger charge is 2.11. The molecule has 0 fully saturated rings. The molecule has 3 rings (SSSR count). The van der Waals surface area contributed by atoms with Crippen molar-refractivity contribution in [1.29, 1.82) is 0 Å². The molecule has 0 radical (unpaired) electrons. The first-order valence-corrected chi connectivity index (χ1v) is 8.24. The van der Waals surface area contributed by atoms with Crippen LogP contribution < -0.4 is 15.5 Å². The molecule has 1 aliphatic rings. The number of nitrogens with one attached hydrogen (secondary N) is 2. The summed E-state index contributed by atoms with van der Waals surface area (Å²) in [5.41, 5.74) is 4.67. The average Bonchev–Trinajstić information content (AvgIpc) is 3.10. The average molecular weight is 317 g/mol. The minimum atomic E-state index is -0.0314. The van der Waals surface area contributed by atoms with Crippen molar-refractivity contribution in [2.45, 2.75) is 39.5 Å². The molecule has 1 aromatic carbocycles. The first kappa shape index (κ1) is 15.0. The number of carbonyl (C=O) groups is 1. The van der Waals surface area contributed by atoms with Gasteiger partial charge in [0.15, 0.2) is 0 Å². The van der Waals surface area contributed by atoms with Crippen molar-refractivity contribution in [1.82, 2.24) is 15.2 Å². The molecule has 0 saturated carbocycles. The largest absolute Gasteiger partial charge is 0.352 e. The number of aryl methyl sites for hydroxylation is 1. The van der Waals surface area contributed by atoms with Crippen molar-refractivity contribution in [2.24, 2.45) is 0 Å². The van der Waals surface area contributed by atoms with Crippen molar-refractivity contribution < 1.29 is 4.79 Å². The normalized spacial score (nSPS) is 13.1. The van der Waals surface area contributed by atoms with E-state index in [9.17, 15) is 9.59 Å². The number of thiazole rings is 1. The van der Waals surface area contributed by atoms with Crippen molar-refractivity contribution in [3.05, 3.63) is 55.6 Å². The third-order valence-corrected chi connectivity index (χ3v) is 4.81. The second kappa shape index (κ2) is 6.46. The summed E-state index contributed by atoms with van der Waals surface area (Å²) < 4.78 is 1.64. The van der Waals surface area contributed by atoms with Crippen molar-refractivity contribution in [3.63, 3.8) is 0 Å². The van der Waals surface area contributed by atoms with Gasteiger partial charge in [0, 0.05) is 43.7 Å². The molecule has 2 heterocycles. The van der Waals surface area contributed by atoms with Crippen LogP contribution in [-0.2, 0) is 31.0 Å². The van der Waals surface area contributed by atoms with Gasteiger partial charge in [-0.05, 0) is 23.6 Å². The predicted molar refractivity (Wildman–Crippen MR) is 86.8 cm³/mol. The van der Waals surface area contributed by atoms with E-state index >= 15 is 0 Å². The molecule has 2 N–H and O–H groups in total. The van der Waals surface area contributed by atoms with Crippen LogP contribution >= 0.6 is 11.3 Å². The van der Waals surface area contributed by atoms with Crippen LogP contribution in [0.5, 0.6) is 0 Å². The van der Waals surface area contributed by atoms with Crippen LogP contribution in [0.2, 0.25) is 0 Å². The Morgan fingerprint density at radius 2 is 2.18 bits per heavy atom. The molecule has 1 aliphatic heterocycles. The van der Waals surface area contributed by atoms with Gasteiger partial charge in [-0.1, -0.05) is 29.5 Å². The molecule has 0 bridgehead atoms. The Labute approximate surface area is 133 Å². The number of hydrogen-bond acceptors (Lipinski definition) is 4. The second-order valence-electron chi connectivity index (χ2n) is 5.53. The summed E-state index contributed by atoms with van der Waals surface area (Å²) in [6, 6.07) is 6.31. The summed E-state index contributed by atoms with van der Waals surface area (Å²) in [6.45, 7) is 4.68. The van der Waals surface area contributed by atoms with E-state index in [0.29, 0.717) is 19.5 Å². The molecule has 5 nitrogen and oxygen atoms in total. The lowest BCUT2D eigenvalue weighted by molar-refractivity contribution is -0.121. The van der Waals surface area contributed by atoms with Gasteiger partial charge in [0.1, 0.15) is 0 Å². The third kappa shape index (κ3) is 3.28. The maximum Gasteiger partial charge on any atom is 0.307 e. The van der Waals surface area contributed by atoms with Crippen LogP contribution in [0.1, 0.15) is 28.8 Å². The number of aromatic nitrogens is 1. The summed E-state index contributed by atoms with van der Waals surface area (Å²) in [6.07, 6.45) is 0.323. The Morgan fingerprint density at radius 3 is 2.95 bits per heavy atom. The molecule has 0 atom stereocenters. The highest BCUT2D eigenvalue weighted by molar-refractivity contribution is 7.07. The molecule has 0 spiro atoms. The number of amides is 1. The Morgan fingerprint density at radius 1 is 1.36 bits per heavy atom. The molecule has 22 heavy (non-hydrogen) atoms. The fraction of sp³-hybridized carbons (Fsp3) is 0.375. The molecule has 1 aromatic heterocycles. The van der Waals surface area contributed by atoms with E-state index in [1.807, 2.05) is 12.3 Å². The molecule has 2 aromatic rings. The van der Waals surface area contributed by atoms with E-state index in [2.05, 4.69) is 28.8 Å². The Kier molecular flexibility index (Phi) is 4.40. The van der Waals surface area contributed by atoms with Gasteiger partial charge in [0.25, 0.3) is 0 Å². The van der Waals surface area contributed by atoms with Crippen LogP contribution in [0.3, 0.4) is 0 Å². The maximum atomic E-state index is 11.9. The highest BCUT2D eigenvalue weighted by Crippen LogP contribution is 2.16. The first-order valence-electron chi connectivity index (χ1n) is 7.36. The maximum absolute atomic E-state index is 11.9. The predicted octanol–water partition coefficient (Wildman–Crippen LogP) is 1.53. The Hall–Kier alpha value is -1.92. The zero-order valence-electron chi connectivity index (χ0n) is 12.5. The van der Waals surface area contributed by atoms with Crippen LogP contribution in [0.25, 0.3) is 0 Å². The topological polar surface area (TPSA) is 63.1 Å². The lowest BCUT2D eigenvalue weighted by atomic mass is 10.1. The zero-order chi connectivity index (χ0) is 15.5. The number of benzene rings is 1. The minimum absolute atomic E-state index is 0.00331. The Bertz CT molecular complexity index is 748. The lowest BCUT2D eigenvalue weighted by Crippen LogP contribution is -2.26. The molecule has 0 saturated heterocycles. The van der Waals surface area contributed by atoms with Gasteiger partial charge < -0.3 is 15.2 Å². The molecule has 0 aliphatic carbocycles.